The molecule has 0 aliphatic heterocycles. The van der Waals surface area contributed by atoms with Gasteiger partial charge in [-0.1, -0.05) is 70.4 Å². The fraction of sp³-hybridized carbons (Fsp3) is 0.619. The Bertz CT molecular complexity index is 735. The van der Waals surface area contributed by atoms with Crippen molar-refractivity contribution < 1.29 is 61.6 Å². The minimum absolute atomic E-state index is 0. The van der Waals surface area contributed by atoms with Gasteiger partial charge in [0.15, 0.2) is 0 Å². The van der Waals surface area contributed by atoms with Crippen molar-refractivity contribution in [2.24, 2.45) is 0 Å². The second kappa shape index (κ2) is 16.7. The SMILES string of the molecule is CCCCCCCCCCCOC(=O)c1ccccc1C(=O)OCCS(=O)(=O)[O-].[Na+]. The maximum Gasteiger partial charge on any atom is 1.00 e. The fourth-order valence-electron chi connectivity index (χ4n) is 2.81. The number of carbonyl (C=O) groups excluding carboxylic acids is 2. The van der Waals surface area contributed by atoms with E-state index < -0.39 is 34.4 Å². The summed E-state index contributed by atoms with van der Waals surface area (Å²) in [4.78, 5) is 24.3. The van der Waals surface area contributed by atoms with Gasteiger partial charge in [-0.25, -0.2) is 18.0 Å². The van der Waals surface area contributed by atoms with Gasteiger partial charge in [0.2, 0.25) is 0 Å². The largest absolute Gasteiger partial charge is 1.00 e. The quantitative estimate of drug-likeness (QED) is 0.170. The number of rotatable bonds is 15. The molecule has 1 rings (SSSR count). The summed E-state index contributed by atoms with van der Waals surface area (Å²) in [6.45, 7) is 1.91. The van der Waals surface area contributed by atoms with Crippen molar-refractivity contribution in [1.29, 1.82) is 0 Å². The third kappa shape index (κ3) is 13.4. The number of unbranched alkanes of at least 4 members (excludes halogenated alkanes) is 8. The Labute approximate surface area is 201 Å². The summed E-state index contributed by atoms with van der Waals surface area (Å²) >= 11 is 0. The average molecular weight is 451 g/mol. The maximum absolute atomic E-state index is 12.3. The zero-order valence-corrected chi connectivity index (χ0v) is 20.9. The molecule has 0 saturated carbocycles. The van der Waals surface area contributed by atoms with E-state index in [-0.39, 0.29) is 47.3 Å². The van der Waals surface area contributed by atoms with E-state index >= 15 is 0 Å². The van der Waals surface area contributed by atoms with Crippen LogP contribution < -0.4 is 29.6 Å². The summed E-state index contributed by atoms with van der Waals surface area (Å²) < 4.78 is 41.7. The van der Waals surface area contributed by atoms with Crippen molar-refractivity contribution in [3.8, 4) is 0 Å². The van der Waals surface area contributed by atoms with Crippen LogP contribution in [0, 0.1) is 0 Å². The second-order valence-electron chi connectivity index (χ2n) is 6.91. The van der Waals surface area contributed by atoms with E-state index in [4.69, 9.17) is 9.47 Å². The molecule has 0 aromatic heterocycles. The molecule has 0 aliphatic rings. The maximum atomic E-state index is 12.3. The third-order valence-corrected chi connectivity index (χ3v) is 5.08. The summed E-state index contributed by atoms with van der Waals surface area (Å²) in [5.41, 5.74) is 0.0336. The van der Waals surface area contributed by atoms with Crippen LogP contribution in [0.3, 0.4) is 0 Å². The Morgan fingerprint density at radius 1 is 0.800 bits per heavy atom. The van der Waals surface area contributed by atoms with E-state index in [2.05, 4.69) is 6.92 Å². The van der Waals surface area contributed by atoms with Crippen LogP contribution in [0.5, 0.6) is 0 Å². The van der Waals surface area contributed by atoms with Crippen LogP contribution in [0.1, 0.15) is 85.4 Å². The molecule has 1 aromatic carbocycles. The van der Waals surface area contributed by atoms with Crippen molar-refractivity contribution in [3.05, 3.63) is 35.4 Å². The predicted molar refractivity (Wildman–Crippen MR) is 109 cm³/mol. The summed E-state index contributed by atoms with van der Waals surface area (Å²) in [6, 6.07) is 5.98. The molecule has 0 spiro atoms. The molecular weight excluding hydrogens is 419 g/mol. The number of hydrogen-bond acceptors (Lipinski definition) is 7. The first kappa shape index (κ1) is 29.1. The van der Waals surface area contributed by atoms with Crippen LogP contribution >= 0.6 is 0 Å². The Hall–Kier alpha value is -0.930. The number of esters is 2. The molecule has 0 unspecified atom stereocenters. The van der Waals surface area contributed by atoms with Crippen molar-refractivity contribution >= 4 is 22.1 Å². The molecule has 0 N–H and O–H groups in total. The van der Waals surface area contributed by atoms with E-state index in [0.717, 1.165) is 19.3 Å². The van der Waals surface area contributed by atoms with Crippen LogP contribution in [0.15, 0.2) is 24.3 Å². The third-order valence-electron chi connectivity index (χ3n) is 4.41. The van der Waals surface area contributed by atoms with Crippen LogP contribution in [0.2, 0.25) is 0 Å². The molecule has 0 saturated heterocycles. The number of hydrogen-bond donors (Lipinski definition) is 0. The second-order valence-corrected chi connectivity index (χ2v) is 8.43. The van der Waals surface area contributed by atoms with Crippen LogP contribution in [0.25, 0.3) is 0 Å². The first-order valence-corrected chi connectivity index (χ1v) is 11.8. The molecule has 0 aliphatic carbocycles. The van der Waals surface area contributed by atoms with E-state index in [0.29, 0.717) is 0 Å². The zero-order valence-electron chi connectivity index (χ0n) is 18.1. The van der Waals surface area contributed by atoms with E-state index in [1.165, 1.54) is 50.7 Å². The summed E-state index contributed by atoms with van der Waals surface area (Å²) in [7, 11) is -4.48. The standard InChI is InChI=1S/C21H32O7S.Na/c1-2-3-4-5-6-7-8-9-12-15-27-20(22)18-13-10-11-14-19(18)21(23)28-16-17-29(24,25)26;/h10-11,13-14H,2-9,12,15-17H2,1H3,(H,24,25,26);/q;+1/p-1. The van der Waals surface area contributed by atoms with Crippen molar-refractivity contribution in [2.75, 3.05) is 19.0 Å². The Balaban J connectivity index is 0.00000841. The van der Waals surface area contributed by atoms with Crippen LogP contribution in [-0.4, -0.2) is 43.9 Å². The summed E-state index contributed by atoms with van der Waals surface area (Å²) in [5, 5.41) is 0. The van der Waals surface area contributed by atoms with E-state index in [1.54, 1.807) is 12.1 Å². The zero-order chi connectivity index (χ0) is 21.5. The molecule has 0 bridgehead atoms. The van der Waals surface area contributed by atoms with Crippen molar-refractivity contribution in [3.63, 3.8) is 0 Å². The smallest absolute Gasteiger partial charge is 0.748 e. The molecular formula is C21H31NaO7S. The molecule has 0 heterocycles. The molecule has 0 atom stereocenters. The molecule has 9 heteroatoms. The molecule has 0 radical (unpaired) electrons. The monoisotopic (exact) mass is 450 g/mol. The Morgan fingerprint density at radius 3 is 1.70 bits per heavy atom. The first-order valence-electron chi connectivity index (χ1n) is 10.2. The van der Waals surface area contributed by atoms with Gasteiger partial charge in [0.05, 0.1) is 33.6 Å². The normalized spacial score (nSPS) is 10.9. The molecule has 0 amide bonds. The molecule has 164 valence electrons. The Kier molecular flexibility index (Phi) is 16.2. The van der Waals surface area contributed by atoms with E-state index in [9.17, 15) is 22.6 Å². The fourth-order valence-corrected chi connectivity index (χ4v) is 3.10. The van der Waals surface area contributed by atoms with Gasteiger partial charge in [0.1, 0.15) is 6.61 Å². The average Bonchev–Trinajstić information content (AvgIpc) is 2.68. The first-order chi connectivity index (χ1) is 13.8. The van der Waals surface area contributed by atoms with Gasteiger partial charge >= 0.3 is 41.5 Å². The molecule has 30 heavy (non-hydrogen) atoms. The van der Waals surface area contributed by atoms with Gasteiger partial charge in [-0.2, -0.15) is 0 Å². The minimum atomic E-state index is -4.48. The van der Waals surface area contributed by atoms with Gasteiger partial charge in [-0.3, -0.25) is 0 Å². The van der Waals surface area contributed by atoms with E-state index in [1.807, 2.05) is 0 Å². The van der Waals surface area contributed by atoms with Crippen LogP contribution in [0.4, 0.5) is 0 Å². The van der Waals surface area contributed by atoms with Crippen LogP contribution in [-0.2, 0) is 19.6 Å². The predicted octanol–water partition coefficient (Wildman–Crippen LogP) is 1.08. The van der Waals surface area contributed by atoms with Crippen molar-refractivity contribution in [1.82, 2.24) is 0 Å². The van der Waals surface area contributed by atoms with Gasteiger partial charge < -0.3 is 14.0 Å². The number of benzene rings is 1. The molecule has 1 aromatic rings. The van der Waals surface area contributed by atoms with Crippen molar-refractivity contribution in [2.45, 2.75) is 64.7 Å². The molecule has 7 nitrogen and oxygen atoms in total. The summed E-state index contributed by atoms with van der Waals surface area (Å²) in [5.74, 6) is -2.32. The summed E-state index contributed by atoms with van der Waals surface area (Å²) in [6.07, 6.45) is 10.4. The topological polar surface area (TPSA) is 110 Å². The van der Waals surface area contributed by atoms with Gasteiger partial charge in [0, 0.05) is 0 Å². The minimum Gasteiger partial charge on any atom is -0.748 e. The number of ether oxygens (including phenoxy) is 2. The van der Waals surface area contributed by atoms with Gasteiger partial charge in [-0.15, -0.1) is 0 Å². The Morgan fingerprint density at radius 2 is 1.23 bits per heavy atom. The molecule has 0 fully saturated rings. The van der Waals surface area contributed by atoms with Gasteiger partial charge in [-0.05, 0) is 18.6 Å². The van der Waals surface area contributed by atoms with Gasteiger partial charge in [0.25, 0.3) is 0 Å². The number of carbonyl (C=O) groups is 2.